The molecule has 1 fully saturated rings. The van der Waals surface area contributed by atoms with E-state index in [-0.39, 0.29) is 12.2 Å². The Balaban J connectivity index is 1.90. The first-order valence-electron chi connectivity index (χ1n) is 10.9. The first-order chi connectivity index (χ1) is 14.9. The fraction of sp³-hybridized carbons (Fsp3) is 0.423. The van der Waals surface area contributed by atoms with Crippen molar-refractivity contribution >= 4 is 12.0 Å². The van der Waals surface area contributed by atoms with Gasteiger partial charge in [-0.1, -0.05) is 35.9 Å². The molecule has 1 aliphatic carbocycles. The zero-order valence-corrected chi connectivity index (χ0v) is 18.9. The lowest BCUT2D eigenvalue weighted by molar-refractivity contribution is 0.0521. The number of ether oxygens (including phenoxy) is 2. The van der Waals surface area contributed by atoms with Crippen molar-refractivity contribution in [3.8, 4) is 5.75 Å². The van der Waals surface area contributed by atoms with Crippen molar-refractivity contribution in [2.45, 2.75) is 32.1 Å². The van der Waals surface area contributed by atoms with E-state index >= 15 is 4.39 Å². The molecule has 5 heteroatoms. The summed E-state index contributed by atoms with van der Waals surface area (Å²) in [5.74, 6) is 0.556. The van der Waals surface area contributed by atoms with Gasteiger partial charge in [0.15, 0.2) is 0 Å². The summed E-state index contributed by atoms with van der Waals surface area (Å²) in [6, 6.07) is 13.2. The predicted octanol–water partition coefficient (Wildman–Crippen LogP) is 5.54. The van der Waals surface area contributed by atoms with Gasteiger partial charge in [0.1, 0.15) is 11.6 Å². The molecule has 3 rings (SSSR count). The Hall–Kier alpha value is -2.66. The van der Waals surface area contributed by atoms with Crippen LogP contribution in [0, 0.1) is 11.7 Å². The van der Waals surface area contributed by atoms with Crippen molar-refractivity contribution in [2.24, 2.45) is 5.92 Å². The second kappa shape index (κ2) is 10.6. The molecular weight excluding hydrogens is 393 g/mol. The number of methoxy groups -OCH3 is 1. The Morgan fingerprint density at radius 2 is 2.00 bits per heavy atom. The largest absolute Gasteiger partial charge is 0.497 e. The molecule has 2 aromatic rings. The van der Waals surface area contributed by atoms with Crippen LogP contribution >= 0.6 is 0 Å². The Labute approximate surface area is 184 Å². The third-order valence-electron chi connectivity index (χ3n) is 5.89. The van der Waals surface area contributed by atoms with Crippen molar-refractivity contribution in [3.05, 3.63) is 70.5 Å². The van der Waals surface area contributed by atoms with Crippen LogP contribution in [0.2, 0.25) is 0 Å². The maximum Gasteiger partial charge on any atom is 0.341 e. The van der Waals surface area contributed by atoms with Crippen molar-refractivity contribution in [1.82, 2.24) is 4.90 Å². The number of hydrogen-bond donors (Lipinski definition) is 0. The molecular formula is C26H32FNO3. The molecule has 2 unspecified atom stereocenters. The molecule has 1 saturated carbocycles. The molecule has 0 bridgehead atoms. The van der Waals surface area contributed by atoms with E-state index in [0.29, 0.717) is 17.4 Å². The second-order valence-corrected chi connectivity index (χ2v) is 8.38. The van der Waals surface area contributed by atoms with Crippen molar-refractivity contribution in [3.63, 3.8) is 0 Å². The van der Waals surface area contributed by atoms with Gasteiger partial charge in [0.2, 0.25) is 0 Å². The van der Waals surface area contributed by atoms with Gasteiger partial charge in [-0.3, -0.25) is 0 Å². The third kappa shape index (κ3) is 5.73. The molecule has 31 heavy (non-hydrogen) atoms. The smallest absolute Gasteiger partial charge is 0.341 e. The molecule has 0 aromatic heterocycles. The molecule has 4 nitrogen and oxygen atoms in total. The molecule has 0 amide bonds. The average Bonchev–Trinajstić information content (AvgIpc) is 2.76. The minimum absolute atomic E-state index is 0.0122. The number of rotatable bonds is 7. The summed E-state index contributed by atoms with van der Waals surface area (Å²) in [7, 11) is 5.89. The Bertz CT molecular complexity index is 938. The number of benzene rings is 2. The van der Waals surface area contributed by atoms with Gasteiger partial charge in [-0.25, -0.2) is 9.18 Å². The van der Waals surface area contributed by atoms with Gasteiger partial charge in [-0.2, -0.15) is 0 Å². The van der Waals surface area contributed by atoms with Crippen molar-refractivity contribution < 1.29 is 18.7 Å². The van der Waals surface area contributed by atoms with Gasteiger partial charge in [-0.15, -0.1) is 0 Å². The zero-order valence-electron chi connectivity index (χ0n) is 18.9. The van der Waals surface area contributed by atoms with E-state index in [2.05, 4.69) is 31.1 Å². The van der Waals surface area contributed by atoms with Crippen LogP contribution in [0.1, 0.15) is 53.6 Å². The number of allylic oxidation sites excluding steroid dienone is 1. The molecule has 0 radical (unpaired) electrons. The van der Waals surface area contributed by atoms with Gasteiger partial charge in [0.25, 0.3) is 0 Å². The topological polar surface area (TPSA) is 38.8 Å². The molecule has 2 atom stereocenters. The van der Waals surface area contributed by atoms with Crippen LogP contribution in [-0.2, 0) is 4.74 Å². The van der Waals surface area contributed by atoms with E-state index in [1.165, 1.54) is 17.2 Å². The maximum atomic E-state index is 15.0. The SMILES string of the molecule is CCOC(=O)c1cccc(C=C2CCC(CN(C)C)C(c3cccc(OC)c3)C2)c1F. The normalized spacial score (nSPS) is 20.1. The Morgan fingerprint density at radius 3 is 2.71 bits per heavy atom. The second-order valence-electron chi connectivity index (χ2n) is 8.38. The fourth-order valence-corrected chi connectivity index (χ4v) is 4.45. The van der Waals surface area contributed by atoms with E-state index in [4.69, 9.17) is 9.47 Å². The Morgan fingerprint density at radius 1 is 1.23 bits per heavy atom. The van der Waals surface area contributed by atoms with E-state index in [1.807, 2.05) is 18.2 Å². The number of carbonyl (C=O) groups excluding carboxylic acids is 1. The monoisotopic (exact) mass is 425 g/mol. The molecule has 2 aromatic carbocycles. The summed E-state index contributed by atoms with van der Waals surface area (Å²) in [6.07, 6.45) is 4.72. The fourth-order valence-electron chi connectivity index (χ4n) is 4.45. The Kier molecular flexibility index (Phi) is 7.85. The molecule has 0 saturated heterocycles. The minimum Gasteiger partial charge on any atom is -0.497 e. The van der Waals surface area contributed by atoms with Crippen LogP contribution in [0.15, 0.2) is 48.0 Å². The van der Waals surface area contributed by atoms with E-state index in [1.54, 1.807) is 26.2 Å². The van der Waals surface area contributed by atoms with Gasteiger partial charge in [-0.05, 0) is 75.9 Å². The highest BCUT2D eigenvalue weighted by atomic mass is 19.1. The molecule has 0 aliphatic heterocycles. The molecule has 0 N–H and O–H groups in total. The lowest BCUT2D eigenvalue weighted by Crippen LogP contribution is -2.29. The summed E-state index contributed by atoms with van der Waals surface area (Å²) >= 11 is 0. The third-order valence-corrected chi connectivity index (χ3v) is 5.89. The van der Waals surface area contributed by atoms with Crippen LogP contribution in [0.4, 0.5) is 4.39 Å². The average molecular weight is 426 g/mol. The minimum atomic E-state index is -0.621. The summed E-state index contributed by atoms with van der Waals surface area (Å²) < 4.78 is 25.4. The van der Waals surface area contributed by atoms with E-state index in [0.717, 1.165) is 31.6 Å². The molecule has 0 heterocycles. The predicted molar refractivity (Wildman–Crippen MR) is 122 cm³/mol. The first-order valence-corrected chi connectivity index (χ1v) is 10.9. The van der Waals surface area contributed by atoms with Gasteiger partial charge in [0, 0.05) is 12.1 Å². The highest BCUT2D eigenvalue weighted by Crippen LogP contribution is 2.42. The summed E-state index contributed by atoms with van der Waals surface area (Å²) in [4.78, 5) is 14.3. The molecule has 166 valence electrons. The first kappa shape index (κ1) is 23.0. The lowest BCUT2D eigenvalue weighted by Gasteiger charge is -2.35. The van der Waals surface area contributed by atoms with Gasteiger partial charge < -0.3 is 14.4 Å². The number of carbonyl (C=O) groups is 1. The highest BCUT2D eigenvalue weighted by Gasteiger charge is 2.29. The number of hydrogen-bond acceptors (Lipinski definition) is 4. The van der Waals surface area contributed by atoms with Crippen LogP contribution in [0.25, 0.3) is 6.08 Å². The van der Waals surface area contributed by atoms with Crippen LogP contribution < -0.4 is 4.74 Å². The summed E-state index contributed by atoms with van der Waals surface area (Å²) in [5.41, 5.74) is 2.87. The van der Waals surface area contributed by atoms with Crippen LogP contribution in [0.5, 0.6) is 5.75 Å². The van der Waals surface area contributed by atoms with Crippen molar-refractivity contribution in [2.75, 3.05) is 34.4 Å². The number of esters is 1. The maximum absolute atomic E-state index is 15.0. The summed E-state index contributed by atoms with van der Waals surface area (Å²) in [6.45, 7) is 2.94. The molecule has 1 aliphatic rings. The van der Waals surface area contributed by atoms with E-state index in [9.17, 15) is 4.79 Å². The number of nitrogens with zero attached hydrogens (tertiary/aromatic N) is 1. The van der Waals surface area contributed by atoms with Gasteiger partial charge >= 0.3 is 5.97 Å². The van der Waals surface area contributed by atoms with Crippen molar-refractivity contribution in [1.29, 1.82) is 0 Å². The number of halogens is 1. The standard InChI is InChI=1S/C26H32FNO3/c1-5-31-26(29)23-11-7-9-20(25(23)27)14-18-12-13-21(17-28(2)3)24(15-18)19-8-6-10-22(16-19)30-4/h6-11,14,16,21,24H,5,12-13,15,17H2,1-4H3. The van der Waals surface area contributed by atoms with E-state index < -0.39 is 11.8 Å². The van der Waals surface area contributed by atoms with Crippen LogP contribution in [-0.4, -0.2) is 45.2 Å². The highest BCUT2D eigenvalue weighted by molar-refractivity contribution is 5.90. The van der Waals surface area contributed by atoms with Gasteiger partial charge in [0.05, 0.1) is 19.3 Å². The molecule has 0 spiro atoms. The quantitative estimate of drug-likeness (QED) is 0.546. The lowest BCUT2D eigenvalue weighted by atomic mass is 9.73. The zero-order chi connectivity index (χ0) is 22.4. The van der Waals surface area contributed by atoms with Crippen LogP contribution in [0.3, 0.4) is 0 Å². The summed E-state index contributed by atoms with van der Waals surface area (Å²) in [5, 5.41) is 0.